The molecule has 2 rings (SSSR count). The van der Waals surface area contributed by atoms with Crippen molar-refractivity contribution in [3.05, 3.63) is 17.5 Å². The zero-order chi connectivity index (χ0) is 13.2. The summed E-state index contributed by atoms with van der Waals surface area (Å²) in [6, 6.07) is 2.56. The molecule has 0 radical (unpaired) electrons. The average molecular weight is 289 g/mol. The Balaban J connectivity index is 2.32. The summed E-state index contributed by atoms with van der Waals surface area (Å²) in [4.78, 5) is 11.7. The maximum absolute atomic E-state index is 12.4. The van der Waals surface area contributed by atoms with Gasteiger partial charge in [0.1, 0.15) is 10.3 Å². The summed E-state index contributed by atoms with van der Waals surface area (Å²) in [5.41, 5.74) is 0. The fourth-order valence-corrected chi connectivity index (χ4v) is 4.86. The second kappa shape index (κ2) is 5.38. The van der Waals surface area contributed by atoms with Gasteiger partial charge in [-0.25, -0.2) is 8.42 Å². The highest BCUT2D eigenvalue weighted by atomic mass is 32.2. The normalized spacial score (nSPS) is 21.7. The number of nitrogens with zero attached hydrogens (tertiary/aromatic N) is 1. The summed E-state index contributed by atoms with van der Waals surface area (Å²) in [7, 11) is -2.29. The van der Waals surface area contributed by atoms with Crippen molar-refractivity contribution in [1.82, 2.24) is 4.31 Å². The highest BCUT2D eigenvalue weighted by Crippen LogP contribution is 2.28. The molecule has 0 N–H and O–H groups in total. The third kappa shape index (κ3) is 2.43. The van der Waals surface area contributed by atoms with Crippen LogP contribution in [-0.4, -0.2) is 38.4 Å². The summed E-state index contributed by atoms with van der Waals surface area (Å²) < 4.78 is 31.1. The van der Waals surface area contributed by atoms with E-state index >= 15 is 0 Å². The van der Waals surface area contributed by atoms with Gasteiger partial charge in [-0.1, -0.05) is 6.07 Å². The van der Waals surface area contributed by atoms with Crippen molar-refractivity contribution in [2.45, 2.75) is 29.5 Å². The number of esters is 1. The quantitative estimate of drug-likeness (QED) is 0.790. The zero-order valence-corrected chi connectivity index (χ0v) is 11.7. The van der Waals surface area contributed by atoms with Crippen LogP contribution in [0.5, 0.6) is 0 Å². The van der Waals surface area contributed by atoms with Gasteiger partial charge in [0, 0.05) is 6.54 Å². The lowest BCUT2D eigenvalue weighted by Gasteiger charge is -2.32. The van der Waals surface area contributed by atoms with Gasteiger partial charge in [-0.3, -0.25) is 4.79 Å². The Kier molecular flexibility index (Phi) is 4.04. The summed E-state index contributed by atoms with van der Waals surface area (Å²) in [5, 5.41) is 1.71. The molecule has 0 aliphatic carbocycles. The zero-order valence-electron chi connectivity index (χ0n) is 10.0. The molecular formula is C11H15NO4S2. The van der Waals surface area contributed by atoms with Gasteiger partial charge < -0.3 is 4.74 Å². The number of methoxy groups -OCH3 is 1. The molecule has 0 saturated carbocycles. The maximum Gasteiger partial charge on any atom is 0.324 e. The first-order chi connectivity index (χ1) is 8.57. The lowest BCUT2D eigenvalue weighted by molar-refractivity contribution is -0.146. The van der Waals surface area contributed by atoms with Gasteiger partial charge in [-0.15, -0.1) is 11.3 Å². The molecule has 1 aliphatic heterocycles. The molecule has 0 amide bonds. The molecule has 1 aromatic rings. The van der Waals surface area contributed by atoms with Crippen LogP contribution in [0.25, 0.3) is 0 Å². The number of hydrogen-bond donors (Lipinski definition) is 0. The predicted molar refractivity (Wildman–Crippen MR) is 67.9 cm³/mol. The van der Waals surface area contributed by atoms with E-state index in [4.69, 9.17) is 4.74 Å². The Morgan fingerprint density at radius 2 is 2.28 bits per heavy atom. The Hall–Kier alpha value is -0.920. The summed E-state index contributed by atoms with van der Waals surface area (Å²) in [6.07, 6.45) is 2.14. The van der Waals surface area contributed by atoms with Crippen molar-refractivity contribution in [2.75, 3.05) is 13.7 Å². The Morgan fingerprint density at radius 1 is 1.50 bits per heavy atom. The monoisotopic (exact) mass is 289 g/mol. The molecule has 100 valence electrons. The van der Waals surface area contributed by atoms with Gasteiger partial charge in [0.15, 0.2) is 0 Å². The van der Waals surface area contributed by atoms with Gasteiger partial charge in [0.05, 0.1) is 7.11 Å². The Bertz CT molecular complexity index is 509. The lowest BCUT2D eigenvalue weighted by atomic mass is 10.1. The van der Waals surface area contributed by atoms with Gasteiger partial charge in [0.2, 0.25) is 0 Å². The van der Waals surface area contributed by atoms with Crippen molar-refractivity contribution in [3.8, 4) is 0 Å². The minimum Gasteiger partial charge on any atom is -0.468 e. The number of carbonyl (C=O) groups excluding carboxylic acids is 1. The molecule has 1 aliphatic rings. The van der Waals surface area contributed by atoms with Crippen molar-refractivity contribution in [1.29, 1.82) is 0 Å². The fraction of sp³-hybridized carbons (Fsp3) is 0.545. The first kappa shape index (κ1) is 13.5. The Labute approximate surface area is 110 Å². The lowest BCUT2D eigenvalue weighted by Crippen LogP contribution is -2.48. The number of carbonyl (C=O) groups is 1. The van der Waals surface area contributed by atoms with E-state index in [0.29, 0.717) is 13.0 Å². The Morgan fingerprint density at radius 3 is 2.89 bits per heavy atom. The molecule has 5 nitrogen and oxygen atoms in total. The summed E-state index contributed by atoms with van der Waals surface area (Å²) >= 11 is 1.16. The SMILES string of the molecule is COC(=O)C1CCCCN1S(=O)(=O)c1cccs1. The molecule has 1 aromatic heterocycles. The van der Waals surface area contributed by atoms with E-state index < -0.39 is 22.0 Å². The van der Waals surface area contributed by atoms with Crippen LogP contribution in [0.2, 0.25) is 0 Å². The van der Waals surface area contributed by atoms with E-state index in [-0.39, 0.29) is 4.21 Å². The number of hydrogen-bond acceptors (Lipinski definition) is 5. The average Bonchev–Trinajstić information content (AvgIpc) is 2.92. The number of rotatable bonds is 3. The van der Waals surface area contributed by atoms with E-state index in [1.165, 1.54) is 11.4 Å². The molecular weight excluding hydrogens is 274 g/mol. The number of ether oxygens (including phenoxy) is 1. The highest BCUT2D eigenvalue weighted by molar-refractivity contribution is 7.91. The minimum absolute atomic E-state index is 0.276. The van der Waals surface area contributed by atoms with Gasteiger partial charge in [-0.2, -0.15) is 4.31 Å². The molecule has 0 bridgehead atoms. The topological polar surface area (TPSA) is 63.7 Å². The minimum atomic E-state index is -3.57. The maximum atomic E-state index is 12.4. The van der Waals surface area contributed by atoms with E-state index in [0.717, 1.165) is 24.2 Å². The van der Waals surface area contributed by atoms with Gasteiger partial charge >= 0.3 is 5.97 Å². The first-order valence-electron chi connectivity index (χ1n) is 5.70. The van der Waals surface area contributed by atoms with Crippen LogP contribution in [-0.2, 0) is 19.6 Å². The van der Waals surface area contributed by atoms with E-state index in [1.54, 1.807) is 17.5 Å². The molecule has 7 heteroatoms. The molecule has 0 aromatic carbocycles. The molecule has 18 heavy (non-hydrogen) atoms. The second-order valence-corrected chi connectivity index (χ2v) is 7.15. The fourth-order valence-electron chi connectivity index (χ4n) is 2.09. The third-order valence-corrected chi connectivity index (χ3v) is 6.27. The second-order valence-electron chi connectivity index (χ2n) is 4.08. The van der Waals surface area contributed by atoms with Crippen LogP contribution in [0.1, 0.15) is 19.3 Å². The smallest absolute Gasteiger partial charge is 0.324 e. The van der Waals surface area contributed by atoms with Crippen LogP contribution in [0, 0.1) is 0 Å². The number of thiophene rings is 1. The molecule has 1 atom stereocenters. The molecule has 1 unspecified atom stereocenters. The molecule has 1 fully saturated rings. The van der Waals surface area contributed by atoms with Gasteiger partial charge in [0.25, 0.3) is 10.0 Å². The highest BCUT2D eigenvalue weighted by Gasteiger charge is 2.38. The van der Waals surface area contributed by atoms with Gasteiger partial charge in [-0.05, 0) is 30.7 Å². The summed E-state index contributed by atoms with van der Waals surface area (Å²) in [6.45, 7) is 0.375. The van der Waals surface area contributed by atoms with E-state index in [2.05, 4.69) is 0 Å². The third-order valence-electron chi connectivity index (χ3n) is 2.98. The van der Waals surface area contributed by atoms with E-state index in [9.17, 15) is 13.2 Å². The van der Waals surface area contributed by atoms with Crippen molar-refractivity contribution >= 4 is 27.3 Å². The van der Waals surface area contributed by atoms with E-state index in [1.807, 2.05) is 0 Å². The largest absolute Gasteiger partial charge is 0.468 e. The standard InChI is InChI=1S/C11H15NO4S2/c1-16-11(13)9-5-2-3-7-12(9)18(14,15)10-6-4-8-17-10/h4,6,8-9H,2-3,5,7H2,1H3. The first-order valence-corrected chi connectivity index (χ1v) is 8.02. The number of piperidine rings is 1. The van der Waals surface area contributed by atoms with Crippen molar-refractivity contribution in [3.63, 3.8) is 0 Å². The van der Waals surface area contributed by atoms with Crippen LogP contribution in [0.3, 0.4) is 0 Å². The summed E-state index contributed by atoms with van der Waals surface area (Å²) in [5.74, 6) is -0.477. The molecule has 1 saturated heterocycles. The number of sulfonamides is 1. The molecule has 0 spiro atoms. The van der Waals surface area contributed by atoms with Crippen molar-refractivity contribution in [2.24, 2.45) is 0 Å². The predicted octanol–water partition coefficient (Wildman–Crippen LogP) is 1.46. The van der Waals surface area contributed by atoms with Crippen LogP contribution in [0.4, 0.5) is 0 Å². The molecule has 2 heterocycles. The van der Waals surface area contributed by atoms with Crippen molar-refractivity contribution < 1.29 is 17.9 Å². The van der Waals surface area contributed by atoms with Crippen LogP contribution >= 0.6 is 11.3 Å². The van der Waals surface area contributed by atoms with Crippen LogP contribution in [0.15, 0.2) is 21.7 Å². The van der Waals surface area contributed by atoms with Crippen LogP contribution < -0.4 is 0 Å².